The molecule has 0 atom stereocenters. The summed E-state index contributed by atoms with van der Waals surface area (Å²) in [4.78, 5) is 24.1. The molecule has 180 valence electrons. The summed E-state index contributed by atoms with van der Waals surface area (Å²) >= 11 is 5.78. The van der Waals surface area contributed by atoms with Crippen molar-refractivity contribution in [1.82, 2.24) is 0 Å². The lowest BCUT2D eigenvalue weighted by Crippen LogP contribution is -2.26. The standard InChI is InChI=1S/C23H20ClF3N2O5/c1-12(2)11-34-18-7-4-13(9-19(18)33-3)8-16-20(23(25,26)27)28-29(21(16)30)14-5-6-17(24)15(10-14)22(31)32/h4-10,12H,11H2,1-3H3,(H,31,32)/p-1/b16-8-. The quantitative estimate of drug-likeness (QED) is 0.539. The summed E-state index contributed by atoms with van der Waals surface area (Å²) in [7, 11) is 1.38. The van der Waals surface area contributed by atoms with Gasteiger partial charge in [-0.15, -0.1) is 0 Å². The average Bonchev–Trinajstić information content (AvgIpc) is 3.09. The van der Waals surface area contributed by atoms with Crippen LogP contribution >= 0.6 is 11.6 Å². The Hall–Kier alpha value is -3.53. The molecule has 2 aromatic rings. The number of halogens is 4. The minimum atomic E-state index is -4.95. The molecule has 0 fully saturated rings. The zero-order valence-corrected chi connectivity index (χ0v) is 19.0. The van der Waals surface area contributed by atoms with Crippen molar-refractivity contribution in [2.75, 3.05) is 18.7 Å². The largest absolute Gasteiger partial charge is 0.545 e. The van der Waals surface area contributed by atoms with Crippen LogP contribution in [-0.4, -0.2) is 37.5 Å². The lowest BCUT2D eigenvalue weighted by atomic mass is 10.1. The summed E-state index contributed by atoms with van der Waals surface area (Å²) in [5, 5.41) is 14.9. The van der Waals surface area contributed by atoms with E-state index in [2.05, 4.69) is 5.10 Å². The second kappa shape index (κ2) is 9.76. The maximum atomic E-state index is 13.7. The van der Waals surface area contributed by atoms with Crippen molar-refractivity contribution >= 4 is 41.0 Å². The smallest absolute Gasteiger partial charge is 0.435 e. The zero-order valence-electron chi connectivity index (χ0n) is 18.3. The highest BCUT2D eigenvalue weighted by atomic mass is 35.5. The third-order valence-electron chi connectivity index (χ3n) is 4.63. The van der Waals surface area contributed by atoms with Gasteiger partial charge >= 0.3 is 6.18 Å². The fourth-order valence-electron chi connectivity index (χ4n) is 3.05. The van der Waals surface area contributed by atoms with Crippen molar-refractivity contribution in [2.24, 2.45) is 11.0 Å². The third kappa shape index (κ3) is 5.33. The summed E-state index contributed by atoms with van der Waals surface area (Å²) in [5.41, 5.74) is -2.62. The number of hydrazone groups is 1. The molecule has 0 N–H and O–H groups in total. The Morgan fingerprint density at radius 2 is 1.91 bits per heavy atom. The number of rotatable bonds is 7. The van der Waals surface area contributed by atoms with Gasteiger partial charge in [0.2, 0.25) is 0 Å². The Morgan fingerprint density at radius 3 is 2.50 bits per heavy atom. The topological polar surface area (TPSA) is 91.3 Å². The van der Waals surface area contributed by atoms with Gasteiger partial charge in [-0.2, -0.15) is 23.3 Å². The maximum absolute atomic E-state index is 13.7. The first-order valence-electron chi connectivity index (χ1n) is 9.96. The van der Waals surface area contributed by atoms with Gasteiger partial charge in [0, 0.05) is 10.6 Å². The number of amides is 1. The van der Waals surface area contributed by atoms with Crippen LogP contribution in [0.4, 0.5) is 18.9 Å². The molecule has 7 nitrogen and oxygen atoms in total. The Balaban J connectivity index is 2.03. The van der Waals surface area contributed by atoms with Crippen molar-refractivity contribution in [3.63, 3.8) is 0 Å². The van der Waals surface area contributed by atoms with Gasteiger partial charge in [-0.3, -0.25) is 4.79 Å². The van der Waals surface area contributed by atoms with Crippen LogP contribution in [0.25, 0.3) is 6.08 Å². The number of carboxylic acid groups (broad SMARTS) is 1. The number of hydrogen-bond donors (Lipinski definition) is 0. The van der Waals surface area contributed by atoms with E-state index in [1.54, 1.807) is 0 Å². The number of alkyl halides is 3. The molecule has 1 heterocycles. The molecule has 0 saturated heterocycles. The van der Waals surface area contributed by atoms with Crippen LogP contribution in [0, 0.1) is 5.92 Å². The van der Waals surface area contributed by atoms with E-state index in [1.165, 1.54) is 31.4 Å². The van der Waals surface area contributed by atoms with E-state index in [-0.39, 0.29) is 27.9 Å². The molecule has 1 aliphatic heterocycles. The highest BCUT2D eigenvalue weighted by Crippen LogP contribution is 2.35. The predicted octanol–water partition coefficient (Wildman–Crippen LogP) is 4.10. The van der Waals surface area contributed by atoms with Crippen molar-refractivity contribution < 1.29 is 37.3 Å². The Bertz CT molecular complexity index is 1190. The second-order valence-corrected chi connectivity index (χ2v) is 8.10. The normalized spacial score (nSPS) is 15.2. The molecule has 1 amide bonds. The van der Waals surface area contributed by atoms with Gasteiger partial charge < -0.3 is 19.4 Å². The van der Waals surface area contributed by atoms with Gasteiger partial charge in [-0.05, 0) is 47.9 Å². The first-order chi connectivity index (χ1) is 15.9. The molecule has 2 aromatic carbocycles. The lowest BCUT2D eigenvalue weighted by Gasteiger charge is -2.14. The van der Waals surface area contributed by atoms with Crippen LogP contribution in [0.5, 0.6) is 11.5 Å². The van der Waals surface area contributed by atoms with Crippen LogP contribution in [0.2, 0.25) is 5.02 Å². The molecule has 34 heavy (non-hydrogen) atoms. The number of carboxylic acids is 1. The zero-order chi connectivity index (χ0) is 25.2. The molecular weight excluding hydrogens is 477 g/mol. The minimum Gasteiger partial charge on any atom is -0.545 e. The van der Waals surface area contributed by atoms with Crippen LogP contribution in [0.3, 0.4) is 0 Å². The first-order valence-corrected chi connectivity index (χ1v) is 10.3. The van der Waals surface area contributed by atoms with Crippen molar-refractivity contribution in [3.8, 4) is 11.5 Å². The summed E-state index contributed by atoms with van der Waals surface area (Å²) in [6.45, 7) is 4.32. The molecule has 0 bridgehead atoms. The van der Waals surface area contributed by atoms with Crippen LogP contribution in [-0.2, 0) is 4.79 Å². The van der Waals surface area contributed by atoms with E-state index in [0.29, 0.717) is 17.4 Å². The minimum absolute atomic E-state index is 0.196. The molecular formula is C23H19ClF3N2O5-. The van der Waals surface area contributed by atoms with E-state index in [9.17, 15) is 27.9 Å². The molecule has 0 radical (unpaired) electrons. The molecule has 0 saturated carbocycles. The summed E-state index contributed by atoms with van der Waals surface area (Å²) < 4.78 is 52.0. The molecule has 1 aliphatic rings. The number of methoxy groups -OCH3 is 1. The van der Waals surface area contributed by atoms with Gasteiger partial charge in [-0.25, -0.2) is 0 Å². The van der Waals surface area contributed by atoms with Gasteiger partial charge in [0.25, 0.3) is 5.91 Å². The number of nitrogens with zero attached hydrogens (tertiary/aromatic N) is 2. The summed E-state index contributed by atoms with van der Waals surface area (Å²) in [6, 6.07) is 7.66. The average molecular weight is 496 g/mol. The van der Waals surface area contributed by atoms with Gasteiger partial charge in [0.15, 0.2) is 17.2 Å². The number of anilines is 1. The van der Waals surface area contributed by atoms with E-state index < -0.39 is 34.9 Å². The van der Waals surface area contributed by atoms with E-state index in [4.69, 9.17) is 21.1 Å². The number of hydrogen-bond acceptors (Lipinski definition) is 6. The van der Waals surface area contributed by atoms with Crippen LogP contribution in [0.1, 0.15) is 29.8 Å². The Kier molecular flexibility index (Phi) is 7.21. The lowest BCUT2D eigenvalue weighted by molar-refractivity contribution is -0.255. The van der Waals surface area contributed by atoms with Gasteiger partial charge in [0.1, 0.15) is 0 Å². The number of carbonyl (C=O) groups is 2. The van der Waals surface area contributed by atoms with Crippen molar-refractivity contribution in [2.45, 2.75) is 20.0 Å². The van der Waals surface area contributed by atoms with E-state index >= 15 is 0 Å². The Morgan fingerprint density at radius 1 is 1.21 bits per heavy atom. The number of aromatic carboxylic acids is 1. The highest BCUT2D eigenvalue weighted by Gasteiger charge is 2.46. The maximum Gasteiger partial charge on any atom is 0.435 e. The SMILES string of the molecule is COc1cc(/C=C2\C(=O)N(c3ccc(Cl)c(C(=O)[O-])c3)N=C2C(F)(F)F)ccc1OCC(C)C. The molecule has 11 heteroatoms. The number of ether oxygens (including phenoxy) is 2. The third-order valence-corrected chi connectivity index (χ3v) is 4.96. The van der Waals surface area contributed by atoms with Crippen molar-refractivity contribution in [1.29, 1.82) is 0 Å². The molecule has 0 aromatic heterocycles. The second-order valence-electron chi connectivity index (χ2n) is 7.69. The van der Waals surface area contributed by atoms with Crippen LogP contribution < -0.4 is 19.6 Å². The molecule has 0 unspecified atom stereocenters. The number of carbonyl (C=O) groups excluding carboxylic acids is 2. The van der Waals surface area contributed by atoms with Gasteiger partial charge in [0.05, 0.1) is 30.9 Å². The van der Waals surface area contributed by atoms with E-state index in [1.807, 2.05) is 13.8 Å². The molecule has 3 rings (SSSR count). The molecule has 0 spiro atoms. The first kappa shape index (κ1) is 25.1. The predicted molar refractivity (Wildman–Crippen MR) is 118 cm³/mol. The molecule has 0 aliphatic carbocycles. The van der Waals surface area contributed by atoms with E-state index in [0.717, 1.165) is 18.2 Å². The fourth-order valence-corrected chi connectivity index (χ4v) is 3.24. The van der Waals surface area contributed by atoms with Crippen LogP contribution in [0.15, 0.2) is 47.1 Å². The Labute approximate surface area is 198 Å². The fraction of sp³-hybridized carbons (Fsp3) is 0.261. The summed E-state index contributed by atoms with van der Waals surface area (Å²) in [5.74, 6) is -1.83. The summed E-state index contributed by atoms with van der Waals surface area (Å²) in [6.07, 6.45) is -3.93. The highest BCUT2D eigenvalue weighted by molar-refractivity contribution is 6.35. The van der Waals surface area contributed by atoms with Crippen molar-refractivity contribution in [3.05, 3.63) is 58.1 Å². The monoisotopic (exact) mass is 495 g/mol. The number of benzene rings is 2. The van der Waals surface area contributed by atoms with Gasteiger partial charge in [-0.1, -0.05) is 31.5 Å².